The number of benzene rings is 1. The van der Waals surface area contributed by atoms with E-state index >= 15 is 0 Å². The molecule has 2 aliphatic carbocycles. The van der Waals surface area contributed by atoms with Gasteiger partial charge in [-0.3, -0.25) is 0 Å². The number of methoxy groups -OCH3 is 3. The number of hydrogen-bond acceptors (Lipinski definition) is 6. The van der Waals surface area contributed by atoms with Gasteiger partial charge in [0.15, 0.2) is 11.5 Å². The molecule has 2 saturated carbocycles. The highest BCUT2D eigenvalue weighted by Gasteiger charge is 2.51. The van der Waals surface area contributed by atoms with Crippen LogP contribution in [-0.4, -0.2) is 43.9 Å². The predicted octanol–water partition coefficient (Wildman–Crippen LogP) is 3.74. The number of aromatic nitrogens is 2. The minimum Gasteiger partial charge on any atom is -0.493 e. The summed E-state index contributed by atoms with van der Waals surface area (Å²) in [5.41, 5.74) is 2.47. The molecule has 2 aliphatic rings. The maximum atomic E-state index is 5.56. The van der Waals surface area contributed by atoms with E-state index < -0.39 is 0 Å². The van der Waals surface area contributed by atoms with Crippen LogP contribution >= 0.6 is 0 Å². The monoisotopic (exact) mass is 411 g/mol. The molecule has 162 valence electrons. The van der Waals surface area contributed by atoms with Gasteiger partial charge in [0.25, 0.3) is 0 Å². The van der Waals surface area contributed by atoms with E-state index in [-0.39, 0.29) is 0 Å². The van der Waals surface area contributed by atoms with Gasteiger partial charge in [-0.2, -0.15) is 0 Å². The average Bonchev–Trinajstić information content (AvgIpc) is 2.79. The van der Waals surface area contributed by atoms with E-state index in [2.05, 4.69) is 27.4 Å². The van der Waals surface area contributed by atoms with Crippen LogP contribution in [0.15, 0.2) is 30.6 Å². The van der Waals surface area contributed by atoms with Crippen molar-refractivity contribution < 1.29 is 14.2 Å². The highest BCUT2D eigenvalue weighted by molar-refractivity contribution is 5.45. The lowest BCUT2D eigenvalue weighted by Crippen LogP contribution is -2.57. The lowest BCUT2D eigenvalue weighted by atomic mass is 9.53. The molecule has 0 unspecified atom stereocenters. The normalized spacial score (nSPS) is 25.3. The molecule has 4 rings (SSSR count). The number of fused-ring (bicyclic) bond motifs is 1. The van der Waals surface area contributed by atoms with Crippen molar-refractivity contribution in [3.05, 3.63) is 47.5 Å². The molecule has 2 aromatic rings. The van der Waals surface area contributed by atoms with Crippen molar-refractivity contribution in [2.24, 2.45) is 11.8 Å². The molecule has 4 atom stereocenters. The lowest BCUT2D eigenvalue weighted by molar-refractivity contribution is 0.0252. The van der Waals surface area contributed by atoms with Crippen molar-refractivity contribution >= 4 is 0 Å². The van der Waals surface area contributed by atoms with Crippen molar-refractivity contribution in [2.75, 3.05) is 27.9 Å². The Hall–Kier alpha value is -2.18. The molecule has 6 heteroatoms. The molecule has 0 radical (unpaired) electrons. The fourth-order valence-corrected chi connectivity index (χ4v) is 5.29. The number of ether oxygens (including phenoxy) is 3. The molecule has 1 heterocycles. The summed E-state index contributed by atoms with van der Waals surface area (Å²) in [5.74, 6) is 4.45. The molecule has 0 amide bonds. The van der Waals surface area contributed by atoms with Crippen molar-refractivity contribution in [2.45, 2.75) is 50.6 Å². The van der Waals surface area contributed by atoms with Crippen LogP contribution in [0.4, 0.5) is 0 Å². The highest BCUT2D eigenvalue weighted by atomic mass is 16.5. The minimum absolute atomic E-state index is 0.474. The number of nitrogens with zero attached hydrogens (tertiary/aromatic N) is 2. The summed E-state index contributed by atoms with van der Waals surface area (Å²) in [5, 5.41) is 3.84. The van der Waals surface area contributed by atoms with Gasteiger partial charge in [-0.15, -0.1) is 0 Å². The standard InChI is InChI=1S/C24H33N3O3/c1-28-11-10-22-25-13-16(14-26-22)15-27-24-19-7-5-4-6-18(19)23(24)17-8-9-20(29-2)21(12-17)30-3/h8-9,12-14,18-19,23-24,27H,4-7,10-11,15H2,1-3H3/t18-,19-,23-,24-/m0/s1. The van der Waals surface area contributed by atoms with Crippen LogP contribution in [-0.2, 0) is 17.7 Å². The van der Waals surface area contributed by atoms with Crippen molar-refractivity contribution in [3.63, 3.8) is 0 Å². The quantitative estimate of drug-likeness (QED) is 0.678. The summed E-state index contributed by atoms with van der Waals surface area (Å²) in [6.07, 6.45) is 9.94. The van der Waals surface area contributed by atoms with Gasteiger partial charge in [-0.25, -0.2) is 9.97 Å². The van der Waals surface area contributed by atoms with E-state index in [1.165, 1.54) is 31.2 Å². The molecule has 1 N–H and O–H groups in total. The van der Waals surface area contributed by atoms with Crippen molar-refractivity contribution in [1.82, 2.24) is 15.3 Å². The Kier molecular flexibility index (Phi) is 6.85. The second-order valence-corrected chi connectivity index (χ2v) is 8.41. The largest absolute Gasteiger partial charge is 0.493 e. The number of nitrogens with one attached hydrogen (secondary N) is 1. The van der Waals surface area contributed by atoms with Gasteiger partial charge in [0.1, 0.15) is 5.82 Å². The smallest absolute Gasteiger partial charge is 0.160 e. The van der Waals surface area contributed by atoms with E-state index in [0.29, 0.717) is 18.6 Å². The molecular weight excluding hydrogens is 378 g/mol. The predicted molar refractivity (Wildman–Crippen MR) is 116 cm³/mol. The van der Waals surface area contributed by atoms with Crippen LogP contribution in [0, 0.1) is 11.8 Å². The third-order valence-corrected chi connectivity index (χ3v) is 6.81. The Bertz CT molecular complexity index is 827. The molecule has 0 bridgehead atoms. The number of rotatable bonds is 9. The summed E-state index contributed by atoms with van der Waals surface area (Å²) in [7, 11) is 5.09. The van der Waals surface area contributed by atoms with Crippen LogP contribution in [0.25, 0.3) is 0 Å². The first-order chi connectivity index (χ1) is 14.7. The van der Waals surface area contributed by atoms with Gasteiger partial charge in [0.05, 0.1) is 20.8 Å². The lowest BCUT2D eigenvalue weighted by Gasteiger charge is -2.55. The molecule has 6 nitrogen and oxygen atoms in total. The maximum Gasteiger partial charge on any atom is 0.160 e. The van der Waals surface area contributed by atoms with E-state index in [1.807, 2.05) is 18.5 Å². The SMILES string of the molecule is COCCc1ncc(CN[C@H]2[C@H]3CCCC[C@@H]3[C@@H]2c2ccc(OC)c(OC)c2)cn1. The highest BCUT2D eigenvalue weighted by Crippen LogP contribution is 2.55. The van der Waals surface area contributed by atoms with Gasteiger partial charge in [0.2, 0.25) is 0 Å². The Morgan fingerprint density at radius 2 is 1.70 bits per heavy atom. The third kappa shape index (κ3) is 4.30. The van der Waals surface area contributed by atoms with Crippen LogP contribution < -0.4 is 14.8 Å². The Morgan fingerprint density at radius 3 is 2.40 bits per heavy atom. The molecule has 1 aromatic heterocycles. The summed E-state index contributed by atoms with van der Waals surface area (Å²) in [6, 6.07) is 6.88. The Morgan fingerprint density at radius 1 is 0.967 bits per heavy atom. The van der Waals surface area contributed by atoms with Crippen molar-refractivity contribution in [1.29, 1.82) is 0 Å². The zero-order valence-electron chi connectivity index (χ0n) is 18.3. The first kappa shape index (κ1) is 21.1. The zero-order chi connectivity index (χ0) is 20.9. The van der Waals surface area contributed by atoms with Gasteiger partial charge in [0, 0.05) is 50.0 Å². The zero-order valence-corrected chi connectivity index (χ0v) is 18.3. The first-order valence-electron chi connectivity index (χ1n) is 11.0. The van der Waals surface area contributed by atoms with Crippen LogP contribution in [0.1, 0.15) is 48.6 Å². The molecular formula is C24H33N3O3. The Labute approximate surface area is 179 Å². The minimum atomic E-state index is 0.474. The van der Waals surface area contributed by atoms with E-state index in [0.717, 1.165) is 47.7 Å². The summed E-state index contributed by atoms with van der Waals surface area (Å²) >= 11 is 0. The van der Waals surface area contributed by atoms with Crippen molar-refractivity contribution in [3.8, 4) is 11.5 Å². The molecule has 2 fully saturated rings. The average molecular weight is 412 g/mol. The summed E-state index contributed by atoms with van der Waals surface area (Å²) in [4.78, 5) is 8.95. The topological polar surface area (TPSA) is 65.5 Å². The second kappa shape index (κ2) is 9.75. The molecule has 0 spiro atoms. The van der Waals surface area contributed by atoms with E-state index in [1.54, 1.807) is 21.3 Å². The van der Waals surface area contributed by atoms with Crippen LogP contribution in [0.2, 0.25) is 0 Å². The van der Waals surface area contributed by atoms with Gasteiger partial charge < -0.3 is 19.5 Å². The van der Waals surface area contributed by atoms with Gasteiger partial charge in [-0.1, -0.05) is 18.9 Å². The summed E-state index contributed by atoms with van der Waals surface area (Å²) < 4.78 is 16.1. The van der Waals surface area contributed by atoms with E-state index in [4.69, 9.17) is 14.2 Å². The Balaban J connectivity index is 1.46. The first-order valence-corrected chi connectivity index (χ1v) is 11.0. The second-order valence-electron chi connectivity index (χ2n) is 8.41. The third-order valence-electron chi connectivity index (χ3n) is 6.81. The molecule has 0 saturated heterocycles. The number of hydrogen-bond donors (Lipinski definition) is 1. The fraction of sp³-hybridized carbons (Fsp3) is 0.583. The molecule has 30 heavy (non-hydrogen) atoms. The van der Waals surface area contributed by atoms with Crippen LogP contribution in [0.3, 0.4) is 0 Å². The van der Waals surface area contributed by atoms with E-state index in [9.17, 15) is 0 Å². The maximum absolute atomic E-state index is 5.56. The molecule has 1 aromatic carbocycles. The van der Waals surface area contributed by atoms with Gasteiger partial charge in [-0.05, 0) is 42.4 Å². The van der Waals surface area contributed by atoms with Gasteiger partial charge >= 0.3 is 0 Å². The fourth-order valence-electron chi connectivity index (χ4n) is 5.29. The molecule has 0 aliphatic heterocycles. The summed E-state index contributed by atoms with van der Waals surface area (Å²) in [6.45, 7) is 1.44. The van der Waals surface area contributed by atoms with Crippen LogP contribution in [0.5, 0.6) is 11.5 Å².